The molecule has 1 aromatic carbocycles. The van der Waals surface area contributed by atoms with Crippen molar-refractivity contribution in [2.24, 2.45) is 0 Å². The number of nitrogens with zero attached hydrogens (tertiary/aromatic N) is 4. The lowest BCUT2D eigenvalue weighted by Crippen LogP contribution is -2.25. The molecule has 0 aliphatic carbocycles. The van der Waals surface area contributed by atoms with Crippen LogP contribution in [0, 0.1) is 0 Å². The number of hydrogen-bond donors (Lipinski definition) is 1. The molecule has 5 rings (SSSR count). The lowest BCUT2D eigenvalue weighted by molar-refractivity contribution is 0.0942. The highest BCUT2D eigenvalue weighted by Crippen LogP contribution is 2.25. The number of hydrogen-bond acceptors (Lipinski definition) is 4. The monoisotopic (exact) mass is 399 g/mol. The van der Waals surface area contributed by atoms with Gasteiger partial charge in [0.2, 0.25) is 0 Å². The maximum atomic E-state index is 13.0. The Labute approximate surface area is 171 Å². The summed E-state index contributed by atoms with van der Waals surface area (Å²) in [7, 11) is 0. The van der Waals surface area contributed by atoms with E-state index < -0.39 is 0 Å². The van der Waals surface area contributed by atoms with Gasteiger partial charge in [0.15, 0.2) is 0 Å². The molecule has 0 saturated carbocycles. The van der Waals surface area contributed by atoms with Crippen LogP contribution in [0.15, 0.2) is 84.5 Å². The van der Waals surface area contributed by atoms with E-state index in [-0.39, 0.29) is 5.91 Å². The van der Waals surface area contributed by atoms with Gasteiger partial charge in [0.1, 0.15) is 17.0 Å². The molecule has 0 atom stereocenters. The molecule has 0 bridgehead atoms. The molecule has 0 aliphatic rings. The van der Waals surface area contributed by atoms with Crippen molar-refractivity contribution >= 4 is 22.9 Å². The molecule has 29 heavy (non-hydrogen) atoms. The second-order valence-electron chi connectivity index (χ2n) is 6.52. The normalized spacial score (nSPS) is 11.0. The van der Waals surface area contributed by atoms with E-state index in [4.69, 9.17) is 0 Å². The van der Waals surface area contributed by atoms with Gasteiger partial charge in [0.05, 0.1) is 22.8 Å². The van der Waals surface area contributed by atoms with Crippen LogP contribution in [-0.4, -0.2) is 25.1 Å². The van der Waals surface area contributed by atoms with Crippen LogP contribution in [-0.2, 0) is 6.54 Å². The molecule has 6 nitrogen and oxygen atoms in total. The van der Waals surface area contributed by atoms with Crippen LogP contribution in [0.5, 0.6) is 0 Å². The standard InChI is InChI=1S/C22H17N5OS/c28-22(23-14-16-15-26-11-5-4-10-21(26)24-16)19-13-18(20-9-6-12-29-20)25-27(19)17-7-2-1-3-8-17/h1-13,15H,14H2,(H,23,28). The Balaban J connectivity index is 1.44. The third kappa shape index (κ3) is 3.43. The number of nitrogens with one attached hydrogen (secondary N) is 1. The summed E-state index contributed by atoms with van der Waals surface area (Å²) in [4.78, 5) is 18.6. The molecule has 1 amide bonds. The molecule has 1 N–H and O–H groups in total. The van der Waals surface area contributed by atoms with Crippen LogP contribution in [0.1, 0.15) is 16.2 Å². The van der Waals surface area contributed by atoms with Crippen molar-refractivity contribution < 1.29 is 4.79 Å². The lowest BCUT2D eigenvalue weighted by atomic mass is 10.2. The highest BCUT2D eigenvalue weighted by molar-refractivity contribution is 7.13. The van der Waals surface area contributed by atoms with E-state index >= 15 is 0 Å². The van der Waals surface area contributed by atoms with Gasteiger partial charge < -0.3 is 9.72 Å². The number of carbonyl (C=O) groups is 1. The van der Waals surface area contributed by atoms with E-state index in [0.29, 0.717) is 12.2 Å². The first kappa shape index (κ1) is 17.4. The molecule has 0 saturated heterocycles. The van der Waals surface area contributed by atoms with Crippen LogP contribution in [0.25, 0.3) is 21.9 Å². The number of thiophene rings is 1. The van der Waals surface area contributed by atoms with Crippen LogP contribution >= 0.6 is 11.3 Å². The smallest absolute Gasteiger partial charge is 0.270 e. The number of rotatable bonds is 5. The summed E-state index contributed by atoms with van der Waals surface area (Å²) in [6.45, 7) is 0.342. The molecular weight excluding hydrogens is 382 g/mol. The van der Waals surface area contributed by atoms with Crippen LogP contribution in [0.4, 0.5) is 0 Å². The van der Waals surface area contributed by atoms with Crippen molar-refractivity contribution in [1.29, 1.82) is 0 Å². The Hall–Kier alpha value is -3.71. The summed E-state index contributed by atoms with van der Waals surface area (Å²) in [5.41, 5.74) is 3.76. The Morgan fingerprint density at radius 1 is 1.03 bits per heavy atom. The average Bonchev–Trinajstić information content (AvgIpc) is 3.51. The predicted molar refractivity (Wildman–Crippen MR) is 113 cm³/mol. The first-order valence-electron chi connectivity index (χ1n) is 9.18. The molecule has 142 valence electrons. The minimum Gasteiger partial charge on any atom is -0.345 e. The van der Waals surface area contributed by atoms with E-state index in [1.165, 1.54) is 0 Å². The number of para-hydroxylation sites is 1. The van der Waals surface area contributed by atoms with Crippen LogP contribution in [0.2, 0.25) is 0 Å². The second-order valence-corrected chi connectivity index (χ2v) is 7.47. The Morgan fingerprint density at radius 2 is 1.90 bits per heavy atom. The first-order chi connectivity index (χ1) is 14.3. The molecule has 0 unspecified atom stereocenters. The number of amides is 1. The fourth-order valence-corrected chi connectivity index (χ4v) is 3.87. The lowest BCUT2D eigenvalue weighted by Gasteiger charge is -2.07. The molecule has 0 spiro atoms. The third-order valence-corrected chi connectivity index (χ3v) is 5.45. The number of carbonyl (C=O) groups excluding carboxylic acids is 1. The van der Waals surface area contributed by atoms with Gasteiger partial charge in [0, 0.05) is 12.4 Å². The molecule has 0 aliphatic heterocycles. The zero-order valence-electron chi connectivity index (χ0n) is 15.4. The van der Waals surface area contributed by atoms with Crippen molar-refractivity contribution in [1.82, 2.24) is 24.5 Å². The third-order valence-electron chi connectivity index (χ3n) is 4.56. The topological polar surface area (TPSA) is 64.2 Å². The van der Waals surface area contributed by atoms with Crippen molar-refractivity contribution in [2.45, 2.75) is 6.54 Å². The second kappa shape index (κ2) is 7.37. The fraction of sp³-hybridized carbons (Fsp3) is 0.0455. The molecule has 7 heteroatoms. The average molecular weight is 399 g/mol. The highest BCUT2D eigenvalue weighted by Gasteiger charge is 2.18. The number of pyridine rings is 1. The summed E-state index contributed by atoms with van der Waals surface area (Å²) in [5.74, 6) is -0.193. The number of aromatic nitrogens is 4. The predicted octanol–water partition coefficient (Wildman–Crippen LogP) is 4.18. The fourth-order valence-electron chi connectivity index (χ4n) is 3.19. The molecule has 4 aromatic heterocycles. The zero-order chi connectivity index (χ0) is 19.6. The molecule has 0 fully saturated rings. The van der Waals surface area contributed by atoms with E-state index in [1.54, 1.807) is 16.0 Å². The molecule has 5 aromatic rings. The Morgan fingerprint density at radius 3 is 2.69 bits per heavy atom. The zero-order valence-corrected chi connectivity index (χ0v) is 16.2. The number of benzene rings is 1. The van der Waals surface area contributed by atoms with Gasteiger partial charge in [-0.05, 0) is 41.8 Å². The summed E-state index contributed by atoms with van der Waals surface area (Å²) in [5, 5.41) is 9.65. The van der Waals surface area contributed by atoms with Crippen LogP contribution in [0.3, 0.4) is 0 Å². The van der Waals surface area contributed by atoms with Gasteiger partial charge in [-0.15, -0.1) is 11.3 Å². The van der Waals surface area contributed by atoms with Crippen molar-refractivity contribution in [2.75, 3.05) is 0 Å². The minimum atomic E-state index is -0.193. The first-order valence-corrected chi connectivity index (χ1v) is 10.1. The minimum absolute atomic E-state index is 0.193. The Bertz CT molecular complexity index is 1240. The summed E-state index contributed by atoms with van der Waals surface area (Å²) >= 11 is 1.60. The summed E-state index contributed by atoms with van der Waals surface area (Å²) < 4.78 is 3.62. The Kier molecular flexibility index (Phi) is 4.42. The maximum Gasteiger partial charge on any atom is 0.270 e. The molecule has 4 heterocycles. The van der Waals surface area contributed by atoms with Crippen LogP contribution < -0.4 is 5.32 Å². The van der Waals surface area contributed by atoms with Gasteiger partial charge in [-0.25, -0.2) is 9.67 Å². The maximum absolute atomic E-state index is 13.0. The van der Waals surface area contributed by atoms with Gasteiger partial charge in [-0.1, -0.05) is 30.3 Å². The van der Waals surface area contributed by atoms with Crippen molar-refractivity contribution in [3.8, 4) is 16.3 Å². The van der Waals surface area contributed by atoms with Crippen molar-refractivity contribution in [3.05, 3.63) is 95.9 Å². The SMILES string of the molecule is O=C(NCc1cn2ccccc2n1)c1cc(-c2cccs2)nn1-c1ccccc1. The van der Waals surface area contributed by atoms with Crippen molar-refractivity contribution in [3.63, 3.8) is 0 Å². The van der Waals surface area contributed by atoms with E-state index in [1.807, 2.05) is 88.9 Å². The largest absolute Gasteiger partial charge is 0.345 e. The van der Waals surface area contributed by atoms with Gasteiger partial charge in [-0.2, -0.15) is 5.10 Å². The molecule has 0 radical (unpaired) electrons. The van der Waals surface area contributed by atoms with E-state index in [9.17, 15) is 4.79 Å². The van der Waals surface area contributed by atoms with Gasteiger partial charge in [0.25, 0.3) is 5.91 Å². The summed E-state index contributed by atoms with van der Waals surface area (Å²) in [6.07, 6.45) is 3.85. The van der Waals surface area contributed by atoms with Gasteiger partial charge in [-0.3, -0.25) is 4.79 Å². The number of imidazole rings is 1. The number of fused-ring (bicyclic) bond motifs is 1. The quantitative estimate of drug-likeness (QED) is 0.482. The van der Waals surface area contributed by atoms with Gasteiger partial charge >= 0.3 is 0 Å². The summed E-state index contributed by atoms with van der Waals surface area (Å²) in [6, 6.07) is 21.3. The molecular formula is C22H17N5OS. The van der Waals surface area contributed by atoms with E-state index in [2.05, 4.69) is 15.4 Å². The van der Waals surface area contributed by atoms with E-state index in [0.717, 1.165) is 27.6 Å². The highest BCUT2D eigenvalue weighted by atomic mass is 32.1.